The third kappa shape index (κ3) is 4.39. The van der Waals surface area contributed by atoms with E-state index in [1.165, 1.54) is 18.4 Å². The quantitative estimate of drug-likeness (QED) is 0.764. The Morgan fingerprint density at radius 3 is 2.72 bits per heavy atom. The Labute approximate surface area is 111 Å². The lowest BCUT2D eigenvalue weighted by Gasteiger charge is -2.22. The molecule has 0 radical (unpaired) electrons. The predicted molar refractivity (Wildman–Crippen MR) is 75.4 cm³/mol. The molecule has 1 fully saturated rings. The number of nitrogens with one attached hydrogen (secondary N) is 1. The van der Waals surface area contributed by atoms with Gasteiger partial charge in [0.25, 0.3) is 0 Å². The van der Waals surface area contributed by atoms with Gasteiger partial charge in [-0.2, -0.15) is 0 Å². The van der Waals surface area contributed by atoms with Gasteiger partial charge in [0.2, 0.25) is 0 Å². The van der Waals surface area contributed by atoms with Crippen LogP contribution in [-0.4, -0.2) is 35.6 Å². The fraction of sp³-hybridized carbons (Fsp3) is 0.667. The lowest BCUT2D eigenvalue weighted by Crippen LogP contribution is -2.36. The second-order valence-electron chi connectivity index (χ2n) is 5.30. The van der Waals surface area contributed by atoms with Crippen molar-refractivity contribution in [3.05, 3.63) is 30.1 Å². The first kappa shape index (κ1) is 13.5. The van der Waals surface area contributed by atoms with E-state index >= 15 is 0 Å². The van der Waals surface area contributed by atoms with Crippen LogP contribution in [0, 0.1) is 5.92 Å². The van der Waals surface area contributed by atoms with Crippen LogP contribution in [0.2, 0.25) is 0 Å². The van der Waals surface area contributed by atoms with Crippen LogP contribution in [0.15, 0.2) is 24.5 Å². The highest BCUT2D eigenvalue weighted by molar-refractivity contribution is 5.09. The molecular formula is C15H25N3. The summed E-state index contributed by atoms with van der Waals surface area (Å²) < 4.78 is 0. The third-order valence-corrected chi connectivity index (χ3v) is 3.83. The molecule has 0 amide bonds. The molecule has 1 aromatic heterocycles. The fourth-order valence-electron chi connectivity index (χ4n) is 2.31. The Bertz CT molecular complexity index is 335. The highest BCUT2D eigenvalue weighted by Gasteiger charge is 2.27. The van der Waals surface area contributed by atoms with Gasteiger partial charge in [-0.25, -0.2) is 0 Å². The van der Waals surface area contributed by atoms with Crippen LogP contribution in [0.4, 0.5) is 0 Å². The molecule has 3 nitrogen and oxygen atoms in total. The highest BCUT2D eigenvalue weighted by Crippen LogP contribution is 2.32. The number of likely N-dealkylation sites (N-methyl/N-ethyl adjacent to an activating group) is 1. The van der Waals surface area contributed by atoms with E-state index in [1.54, 1.807) is 0 Å². The monoisotopic (exact) mass is 247 g/mol. The largest absolute Gasteiger partial charge is 0.313 e. The molecule has 0 aromatic carbocycles. The van der Waals surface area contributed by atoms with Gasteiger partial charge in [0.05, 0.1) is 0 Å². The lowest BCUT2D eigenvalue weighted by molar-refractivity contribution is 0.273. The summed E-state index contributed by atoms with van der Waals surface area (Å²) in [6.07, 6.45) is 6.58. The van der Waals surface area contributed by atoms with Crippen LogP contribution >= 0.6 is 0 Å². The molecule has 1 aliphatic rings. The summed E-state index contributed by atoms with van der Waals surface area (Å²) in [7, 11) is 0. The molecule has 1 atom stereocenters. The molecule has 2 rings (SSSR count). The zero-order valence-corrected chi connectivity index (χ0v) is 11.6. The molecule has 0 bridgehead atoms. The van der Waals surface area contributed by atoms with E-state index in [-0.39, 0.29) is 0 Å². The summed E-state index contributed by atoms with van der Waals surface area (Å²) in [6.45, 7) is 8.88. The van der Waals surface area contributed by atoms with Gasteiger partial charge in [0.15, 0.2) is 0 Å². The van der Waals surface area contributed by atoms with Crippen molar-refractivity contribution in [2.75, 3.05) is 19.6 Å². The maximum absolute atomic E-state index is 4.06. The molecular weight excluding hydrogens is 222 g/mol. The second-order valence-corrected chi connectivity index (χ2v) is 5.30. The van der Waals surface area contributed by atoms with E-state index in [9.17, 15) is 0 Å². The molecule has 0 aliphatic heterocycles. The van der Waals surface area contributed by atoms with Crippen molar-refractivity contribution in [2.45, 2.75) is 39.3 Å². The predicted octanol–water partition coefficient (Wildman–Crippen LogP) is 2.29. The Balaban J connectivity index is 1.68. The molecule has 1 N–H and O–H groups in total. The first-order chi connectivity index (χ1) is 8.79. The van der Waals surface area contributed by atoms with E-state index < -0.39 is 0 Å². The topological polar surface area (TPSA) is 28.2 Å². The summed E-state index contributed by atoms with van der Waals surface area (Å²) in [6, 6.07) is 4.90. The average molecular weight is 247 g/mol. The van der Waals surface area contributed by atoms with Crippen molar-refractivity contribution in [1.82, 2.24) is 15.2 Å². The molecule has 1 heterocycles. The minimum atomic E-state index is 0.699. The van der Waals surface area contributed by atoms with Crippen molar-refractivity contribution in [3.8, 4) is 0 Å². The summed E-state index contributed by atoms with van der Waals surface area (Å²) in [5.74, 6) is 0.945. The molecule has 3 heteroatoms. The molecule has 1 aromatic rings. The van der Waals surface area contributed by atoms with Crippen molar-refractivity contribution >= 4 is 0 Å². The first-order valence-corrected chi connectivity index (χ1v) is 7.14. The number of hydrogen-bond donors (Lipinski definition) is 1. The van der Waals surface area contributed by atoms with Gasteiger partial charge in [0, 0.05) is 38.1 Å². The van der Waals surface area contributed by atoms with Crippen molar-refractivity contribution in [1.29, 1.82) is 0 Å². The van der Waals surface area contributed by atoms with Crippen LogP contribution in [-0.2, 0) is 6.54 Å². The van der Waals surface area contributed by atoms with Crippen LogP contribution in [0.3, 0.4) is 0 Å². The van der Waals surface area contributed by atoms with Crippen molar-refractivity contribution in [3.63, 3.8) is 0 Å². The standard InChI is InChI=1S/C15H25N3/c1-3-18(12-14-6-8-16-9-7-14)11-10-17-13(2)15-4-5-15/h6-9,13,15,17H,3-5,10-12H2,1-2H3. The van der Waals surface area contributed by atoms with E-state index in [2.05, 4.69) is 41.2 Å². The number of rotatable bonds is 8. The Morgan fingerprint density at radius 1 is 1.39 bits per heavy atom. The minimum Gasteiger partial charge on any atom is -0.313 e. The Hall–Kier alpha value is -0.930. The molecule has 1 unspecified atom stereocenters. The Kier molecular flexibility index (Phi) is 5.14. The maximum atomic E-state index is 4.06. The van der Waals surface area contributed by atoms with E-state index in [0.29, 0.717) is 6.04 Å². The fourth-order valence-corrected chi connectivity index (χ4v) is 2.31. The Morgan fingerprint density at radius 2 is 2.11 bits per heavy atom. The SMILES string of the molecule is CCN(CCNC(C)C1CC1)Cc1ccncc1. The molecule has 100 valence electrons. The van der Waals surface area contributed by atoms with Gasteiger partial charge in [-0.3, -0.25) is 9.88 Å². The number of nitrogens with zero attached hydrogens (tertiary/aromatic N) is 2. The molecule has 0 saturated heterocycles. The van der Waals surface area contributed by atoms with E-state index in [1.807, 2.05) is 12.4 Å². The van der Waals surface area contributed by atoms with Crippen molar-refractivity contribution < 1.29 is 0 Å². The smallest absolute Gasteiger partial charge is 0.0271 e. The molecule has 0 spiro atoms. The zero-order valence-electron chi connectivity index (χ0n) is 11.6. The normalized spacial score (nSPS) is 17.1. The van der Waals surface area contributed by atoms with Crippen LogP contribution in [0.1, 0.15) is 32.3 Å². The van der Waals surface area contributed by atoms with Gasteiger partial charge < -0.3 is 5.32 Å². The summed E-state index contributed by atoms with van der Waals surface area (Å²) in [4.78, 5) is 6.53. The van der Waals surface area contributed by atoms with Crippen LogP contribution < -0.4 is 5.32 Å². The summed E-state index contributed by atoms with van der Waals surface area (Å²) >= 11 is 0. The van der Waals surface area contributed by atoms with Gasteiger partial charge >= 0.3 is 0 Å². The van der Waals surface area contributed by atoms with Gasteiger partial charge in [-0.1, -0.05) is 6.92 Å². The third-order valence-electron chi connectivity index (χ3n) is 3.83. The van der Waals surface area contributed by atoms with Gasteiger partial charge in [-0.15, -0.1) is 0 Å². The number of pyridine rings is 1. The molecule has 1 saturated carbocycles. The number of hydrogen-bond acceptors (Lipinski definition) is 3. The number of aromatic nitrogens is 1. The van der Waals surface area contributed by atoms with Crippen molar-refractivity contribution in [2.24, 2.45) is 5.92 Å². The van der Waals surface area contributed by atoms with Crippen LogP contribution in [0.5, 0.6) is 0 Å². The molecule has 1 aliphatic carbocycles. The second kappa shape index (κ2) is 6.86. The minimum absolute atomic E-state index is 0.699. The van der Waals surface area contributed by atoms with Gasteiger partial charge in [0.1, 0.15) is 0 Å². The summed E-state index contributed by atoms with van der Waals surface area (Å²) in [5.41, 5.74) is 1.35. The molecule has 18 heavy (non-hydrogen) atoms. The average Bonchev–Trinajstić information content (AvgIpc) is 3.23. The van der Waals surface area contributed by atoms with E-state index in [4.69, 9.17) is 0 Å². The summed E-state index contributed by atoms with van der Waals surface area (Å²) in [5, 5.41) is 3.64. The highest BCUT2D eigenvalue weighted by atomic mass is 15.1. The zero-order chi connectivity index (χ0) is 12.8. The maximum Gasteiger partial charge on any atom is 0.0271 e. The van der Waals surface area contributed by atoms with Crippen LogP contribution in [0.25, 0.3) is 0 Å². The van der Waals surface area contributed by atoms with Gasteiger partial charge in [-0.05, 0) is 49.9 Å². The first-order valence-electron chi connectivity index (χ1n) is 7.14. The lowest BCUT2D eigenvalue weighted by atomic mass is 10.2. The van der Waals surface area contributed by atoms with E-state index in [0.717, 1.165) is 32.1 Å².